The fourth-order valence-corrected chi connectivity index (χ4v) is 4.70. The molecule has 0 atom stereocenters. The highest BCUT2D eigenvalue weighted by atomic mass is 32.2. The van der Waals surface area contributed by atoms with Crippen molar-refractivity contribution in [3.05, 3.63) is 71.6 Å². The first-order valence-electron chi connectivity index (χ1n) is 9.80. The molecule has 0 unspecified atom stereocenters. The first-order chi connectivity index (χ1) is 16.0. The smallest absolute Gasteiger partial charge is 0.395 e. The quantitative estimate of drug-likeness (QED) is 0.366. The standard InChI is InChI=1S/C22H16F2N4O3S2/c23-22(24)30-16-9-8-15(11-17(16)31-22)25-19(29)13-33-21-27-26-20(18-7-4-10-32-18)28(21)12-14-5-2-1-3-6-14/h1-11H,12-13H2,(H,25,29). The van der Waals surface area contributed by atoms with E-state index >= 15 is 0 Å². The van der Waals surface area contributed by atoms with Crippen molar-refractivity contribution in [3.63, 3.8) is 0 Å². The van der Waals surface area contributed by atoms with Gasteiger partial charge in [0.25, 0.3) is 0 Å². The molecule has 1 aliphatic heterocycles. The van der Waals surface area contributed by atoms with Gasteiger partial charge in [-0.05, 0) is 29.1 Å². The maximum absolute atomic E-state index is 13.2. The Labute approximate surface area is 195 Å². The van der Waals surface area contributed by atoms with Crippen LogP contribution in [-0.2, 0) is 11.3 Å². The van der Waals surface area contributed by atoms with Crippen LogP contribution in [0.4, 0.5) is 14.5 Å². The Bertz CT molecular complexity index is 1280. The van der Waals surface area contributed by atoms with E-state index in [1.165, 1.54) is 30.0 Å². The monoisotopic (exact) mass is 486 g/mol. The second kappa shape index (κ2) is 8.83. The van der Waals surface area contributed by atoms with Gasteiger partial charge < -0.3 is 14.8 Å². The van der Waals surface area contributed by atoms with Crippen LogP contribution in [0.5, 0.6) is 11.5 Å². The van der Waals surface area contributed by atoms with E-state index in [1.54, 1.807) is 11.3 Å². The number of ether oxygens (including phenoxy) is 2. The van der Waals surface area contributed by atoms with Crippen LogP contribution in [0.3, 0.4) is 0 Å². The van der Waals surface area contributed by atoms with Crippen molar-refractivity contribution < 1.29 is 23.0 Å². The lowest BCUT2D eigenvalue weighted by Gasteiger charge is -2.10. The van der Waals surface area contributed by atoms with Gasteiger partial charge in [0.1, 0.15) is 0 Å². The van der Waals surface area contributed by atoms with E-state index in [0.717, 1.165) is 16.3 Å². The lowest BCUT2D eigenvalue weighted by Crippen LogP contribution is -2.25. The highest BCUT2D eigenvalue weighted by molar-refractivity contribution is 7.99. The van der Waals surface area contributed by atoms with E-state index in [1.807, 2.05) is 52.4 Å². The number of fused-ring (bicyclic) bond motifs is 1. The van der Waals surface area contributed by atoms with Gasteiger partial charge in [0.15, 0.2) is 22.5 Å². The van der Waals surface area contributed by atoms with Crippen LogP contribution in [0.1, 0.15) is 5.56 Å². The zero-order valence-corrected chi connectivity index (χ0v) is 18.5. The number of thiophene rings is 1. The number of rotatable bonds is 7. The van der Waals surface area contributed by atoms with Crippen LogP contribution in [0.15, 0.2) is 71.2 Å². The zero-order valence-electron chi connectivity index (χ0n) is 16.9. The molecule has 7 nitrogen and oxygen atoms in total. The van der Waals surface area contributed by atoms with E-state index in [-0.39, 0.29) is 23.2 Å². The molecule has 2 aromatic heterocycles. The number of hydrogen-bond acceptors (Lipinski definition) is 7. The van der Waals surface area contributed by atoms with Gasteiger partial charge in [-0.1, -0.05) is 48.2 Å². The molecule has 0 fully saturated rings. The highest BCUT2D eigenvalue weighted by Crippen LogP contribution is 2.42. The predicted octanol–water partition coefficient (Wildman–Crippen LogP) is 5.11. The van der Waals surface area contributed by atoms with Gasteiger partial charge in [-0.25, -0.2) is 0 Å². The normalized spacial score (nSPS) is 13.8. The molecule has 5 rings (SSSR count). The molecule has 4 aromatic rings. The molecule has 0 bridgehead atoms. The minimum Gasteiger partial charge on any atom is -0.395 e. The zero-order chi connectivity index (χ0) is 22.8. The summed E-state index contributed by atoms with van der Waals surface area (Å²) in [6, 6.07) is 17.9. The van der Waals surface area contributed by atoms with Crippen LogP contribution in [0, 0.1) is 0 Å². The van der Waals surface area contributed by atoms with E-state index in [2.05, 4.69) is 25.0 Å². The van der Waals surface area contributed by atoms with Crippen LogP contribution >= 0.6 is 23.1 Å². The number of halogens is 2. The molecule has 1 amide bonds. The maximum Gasteiger partial charge on any atom is 0.586 e. The Balaban J connectivity index is 1.29. The largest absolute Gasteiger partial charge is 0.586 e. The average molecular weight is 487 g/mol. The lowest BCUT2D eigenvalue weighted by molar-refractivity contribution is -0.286. The third-order valence-electron chi connectivity index (χ3n) is 4.66. The molecule has 11 heteroatoms. The van der Waals surface area contributed by atoms with Gasteiger partial charge in [0.2, 0.25) is 5.91 Å². The molecule has 1 N–H and O–H groups in total. The van der Waals surface area contributed by atoms with E-state index in [9.17, 15) is 13.6 Å². The maximum atomic E-state index is 13.2. The minimum atomic E-state index is -3.70. The Morgan fingerprint density at radius 1 is 1.06 bits per heavy atom. The number of carbonyl (C=O) groups is 1. The molecule has 0 saturated heterocycles. The van der Waals surface area contributed by atoms with Crippen LogP contribution < -0.4 is 14.8 Å². The topological polar surface area (TPSA) is 78.3 Å². The second-order valence-corrected chi connectivity index (χ2v) is 8.91. The van der Waals surface area contributed by atoms with Gasteiger partial charge in [-0.2, -0.15) is 0 Å². The van der Waals surface area contributed by atoms with Gasteiger partial charge in [0.05, 0.1) is 17.2 Å². The summed E-state index contributed by atoms with van der Waals surface area (Å²) in [5.41, 5.74) is 1.41. The number of thioether (sulfide) groups is 1. The third-order valence-corrected chi connectivity index (χ3v) is 6.49. The Hall–Kier alpha value is -3.44. The van der Waals surface area contributed by atoms with Gasteiger partial charge in [-0.3, -0.25) is 9.36 Å². The SMILES string of the molecule is O=C(CSc1nnc(-c2cccs2)n1Cc1ccccc1)Nc1ccc2c(c1)OC(F)(F)O2. The molecular formula is C22H16F2N4O3S2. The van der Waals surface area contributed by atoms with E-state index < -0.39 is 6.29 Å². The summed E-state index contributed by atoms with van der Waals surface area (Å²) < 4.78 is 37.1. The summed E-state index contributed by atoms with van der Waals surface area (Å²) in [7, 11) is 0. The number of hydrogen-bond donors (Lipinski definition) is 1. The molecule has 0 aliphatic carbocycles. The molecular weight excluding hydrogens is 470 g/mol. The lowest BCUT2D eigenvalue weighted by atomic mass is 10.2. The number of carbonyl (C=O) groups excluding carboxylic acids is 1. The number of nitrogens with one attached hydrogen (secondary N) is 1. The van der Waals surface area contributed by atoms with Crippen molar-refractivity contribution in [1.82, 2.24) is 14.8 Å². The number of benzene rings is 2. The first kappa shape index (κ1) is 21.4. The number of nitrogens with zero attached hydrogens (tertiary/aromatic N) is 3. The molecule has 2 aromatic carbocycles. The Morgan fingerprint density at radius 3 is 2.67 bits per heavy atom. The average Bonchev–Trinajstić information content (AvgIpc) is 3.51. The molecule has 0 radical (unpaired) electrons. The van der Waals surface area contributed by atoms with Crippen molar-refractivity contribution in [2.24, 2.45) is 0 Å². The summed E-state index contributed by atoms with van der Waals surface area (Å²) in [4.78, 5) is 13.5. The second-order valence-electron chi connectivity index (χ2n) is 7.02. The summed E-state index contributed by atoms with van der Waals surface area (Å²) in [6.07, 6.45) is -3.70. The molecule has 0 saturated carbocycles. The van der Waals surface area contributed by atoms with Crippen LogP contribution in [0.2, 0.25) is 0 Å². The highest BCUT2D eigenvalue weighted by Gasteiger charge is 2.43. The summed E-state index contributed by atoms with van der Waals surface area (Å²) in [5, 5.41) is 13.9. The van der Waals surface area contributed by atoms with Gasteiger partial charge in [-0.15, -0.1) is 30.3 Å². The Kier molecular flexibility index (Phi) is 5.73. The number of amides is 1. The van der Waals surface area contributed by atoms with Crippen molar-refractivity contribution in [2.75, 3.05) is 11.1 Å². The predicted molar refractivity (Wildman–Crippen MR) is 121 cm³/mol. The van der Waals surface area contributed by atoms with Gasteiger partial charge in [0, 0.05) is 11.8 Å². The van der Waals surface area contributed by atoms with E-state index in [0.29, 0.717) is 17.4 Å². The summed E-state index contributed by atoms with van der Waals surface area (Å²) >= 11 is 2.81. The van der Waals surface area contributed by atoms with Crippen LogP contribution in [0.25, 0.3) is 10.7 Å². The molecule has 1 aliphatic rings. The van der Waals surface area contributed by atoms with E-state index in [4.69, 9.17) is 0 Å². The van der Waals surface area contributed by atoms with Crippen LogP contribution in [-0.4, -0.2) is 32.7 Å². The number of aromatic nitrogens is 3. The third kappa shape index (κ3) is 4.83. The minimum absolute atomic E-state index is 0.0575. The summed E-state index contributed by atoms with van der Waals surface area (Å²) in [5.74, 6) is 0.254. The van der Waals surface area contributed by atoms with Crippen molar-refractivity contribution in [1.29, 1.82) is 0 Å². The van der Waals surface area contributed by atoms with Crippen molar-refractivity contribution in [2.45, 2.75) is 18.0 Å². The summed E-state index contributed by atoms with van der Waals surface area (Å²) in [6.45, 7) is 0.557. The van der Waals surface area contributed by atoms with Gasteiger partial charge >= 0.3 is 6.29 Å². The number of alkyl halides is 2. The Morgan fingerprint density at radius 2 is 1.88 bits per heavy atom. The van der Waals surface area contributed by atoms with Crippen molar-refractivity contribution in [3.8, 4) is 22.2 Å². The molecule has 168 valence electrons. The van der Waals surface area contributed by atoms with Crippen molar-refractivity contribution >= 4 is 34.7 Å². The molecule has 0 spiro atoms. The fraction of sp³-hybridized carbons (Fsp3) is 0.136. The molecule has 33 heavy (non-hydrogen) atoms. The first-order valence-corrected chi connectivity index (χ1v) is 11.7. The molecule has 3 heterocycles. The number of anilines is 1. The fourth-order valence-electron chi connectivity index (χ4n) is 3.25.